The van der Waals surface area contributed by atoms with Crippen molar-refractivity contribution in [3.05, 3.63) is 59.7 Å². The topological polar surface area (TPSA) is 94.5 Å². The molecule has 0 heterocycles. The fourth-order valence-electron chi connectivity index (χ4n) is 3.18. The number of ether oxygens (including phenoxy) is 4. The zero-order valence-electron chi connectivity index (χ0n) is 21.6. The van der Waals surface area contributed by atoms with Crippen LogP contribution in [0.2, 0.25) is 0 Å². The monoisotopic (exact) mass is 621 g/mol. The highest BCUT2D eigenvalue weighted by Gasteiger charge is 2.74. The van der Waals surface area contributed by atoms with Crippen LogP contribution in [0, 0.1) is 11.6 Å². The Morgan fingerprint density at radius 1 is 0.929 bits per heavy atom. The summed E-state index contributed by atoms with van der Waals surface area (Å²) >= 11 is 0. The molecule has 0 aliphatic rings. The van der Waals surface area contributed by atoms with E-state index >= 15 is 0 Å². The van der Waals surface area contributed by atoms with E-state index in [-0.39, 0.29) is 18.8 Å². The fourth-order valence-corrected chi connectivity index (χ4v) is 3.18. The van der Waals surface area contributed by atoms with Gasteiger partial charge in [-0.2, -0.15) is 30.7 Å². The molecule has 2 aromatic rings. The van der Waals surface area contributed by atoms with E-state index in [0.717, 1.165) is 6.07 Å². The zero-order valence-corrected chi connectivity index (χ0v) is 21.6. The number of alkyl halides is 7. The van der Waals surface area contributed by atoms with E-state index in [1.54, 1.807) is 6.92 Å². The summed E-state index contributed by atoms with van der Waals surface area (Å²) in [7, 11) is 0. The average molecular weight is 621 g/mol. The van der Waals surface area contributed by atoms with E-state index in [1.165, 1.54) is 24.3 Å². The number of halogens is 9. The van der Waals surface area contributed by atoms with Gasteiger partial charge in [-0.3, -0.25) is 0 Å². The van der Waals surface area contributed by atoms with Gasteiger partial charge in [0.15, 0.2) is 17.7 Å². The number of carboxylic acid groups (broad SMARTS) is 1. The number of amides is 1. The number of hydrogen-bond donors (Lipinski definition) is 1. The predicted molar refractivity (Wildman–Crippen MR) is 125 cm³/mol. The van der Waals surface area contributed by atoms with Gasteiger partial charge in [-0.15, -0.1) is 0 Å². The van der Waals surface area contributed by atoms with E-state index in [9.17, 15) is 49.1 Å². The molecule has 0 fully saturated rings. The number of carbonyl (C=O) groups excluding carboxylic acids is 1. The Morgan fingerprint density at radius 2 is 1.55 bits per heavy atom. The van der Waals surface area contributed by atoms with E-state index in [4.69, 9.17) is 19.3 Å². The van der Waals surface area contributed by atoms with Gasteiger partial charge in [0.25, 0.3) is 0 Å². The first kappa shape index (κ1) is 34.5. The molecular formula is C25H24F9NO7. The second-order valence-corrected chi connectivity index (χ2v) is 8.35. The molecule has 0 radical (unpaired) electrons. The number of hydrogen-bond acceptors (Lipinski definition) is 6. The van der Waals surface area contributed by atoms with Gasteiger partial charge in [0.05, 0.1) is 13.2 Å². The highest BCUT2D eigenvalue weighted by atomic mass is 19.4. The van der Waals surface area contributed by atoms with E-state index in [1.807, 2.05) is 0 Å². The number of carboxylic acids is 1. The molecule has 1 N–H and O–H groups in total. The van der Waals surface area contributed by atoms with Crippen LogP contribution in [-0.4, -0.2) is 79.3 Å². The standard InChI is InChI=1S/C25H24F9NO7/c1-2-39-20(21(36)37)13-15-3-6-17(7-4-15)40-11-9-35(22(38)42-19-8-5-16(26)14-18(19)27)10-12-41-25(33,34)23(28,29)24(30,31)32/h3-8,14,20H,2,9-13H2,1H3,(H,36,37). The first-order valence-corrected chi connectivity index (χ1v) is 11.9. The van der Waals surface area contributed by atoms with Crippen LogP contribution in [0.5, 0.6) is 11.5 Å². The van der Waals surface area contributed by atoms with E-state index < -0.39 is 80.1 Å². The number of benzene rings is 2. The Morgan fingerprint density at radius 3 is 2.10 bits per heavy atom. The Kier molecular flexibility index (Phi) is 11.9. The van der Waals surface area contributed by atoms with Gasteiger partial charge in [0, 0.05) is 25.6 Å². The van der Waals surface area contributed by atoms with Gasteiger partial charge in [0.1, 0.15) is 18.2 Å². The molecule has 0 bridgehead atoms. The Labute approximate surface area is 232 Å². The summed E-state index contributed by atoms with van der Waals surface area (Å²) in [4.78, 5) is 24.2. The lowest BCUT2D eigenvalue weighted by molar-refractivity contribution is -0.423. The third kappa shape index (κ3) is 9.40. The lowest BCUT2D eigenvalue weighted by Gasteiger charge is -2.28. The molecule has 8 nitrogen and oxygen atoms in total. The van der Waals surface area contributed by atoms with Crippen LogP contribution in [0.15, 0.2) is 42.5 Å². The fraction of sp³-hybridized carbons (Fsp3) is 0.440. The highest BCUT2D eigenvalue weighted by molar-refractivity contribution is 5.72. The summed E-state index contributed by atoms with van der Waals surface area (Å²) in [6, 6.07) is 7.64. The van der Waals surface area contributed by atoms with Crippen molar-refractivity contribution in [1.82, 2.24) is 4.90 Å². The summed E-state index contributed by atoms with van der Waals surface area (Å²) in [5.74, 6) is -10.7. The summed E-state index contributed by atoms with van der Waals surface area (Å²) in [6.07, 6.45) is -15.2. The third-order valence-electron chi connectivity index (χ3n) is 5.33. The molecule has 1 unspecified atom stereocenters. The van der Waals surface area contributed by atoms with Crippen molar-refractivity contribution < 1.29 is 73.2 Å². The number of rotatable bonds is 15. The van der Waals surface area contributed by atoms with Crippen molar-refractivity contribution in [1.29, 1.82) is 0 Å². The SMILES string of the molecule is CCOC(Cc1ccc(OCCN(CCOC(F)(F)C(F)(F)C(F)(F)F)C(=O)Oc2ccc(F)cc2F)cc1)C(=O)O. The lowest BCUT2D eigenvalue weighted by Crippen LogP contribution is -2.54. The van der Waals surface area contributed by atoms with Gasteiger partial charge in [-0.1, -0.05) is 12.1 Å². The van der Waals surface area contributed by atoms with Gasteiger partial charge in [0.2, 0.25) is 0 Å². The molecule has 1 amide bonds. The van der Waals surface area contributed by atoms with Crippen LogP contribution >= 0.6 is 0 Å². The molecule has 0 spiro atoms. The van der Waals surface area contributed by atoms with Gasteiger partial charge >= 0.3 is 30.3 Å². The highest BCUT2D eigenvalue weighted by Crippen LogP contribution is 2.46. The molecule has 234 valence electrons. The van der Waals surface area contributed by atoms with Gasteiger partial charge in [-0.05, 0) is 36.8 Å². The van der Waals surface area contributed by atoms with Crippen LogP contribution in [0.25, 0.3) is 0 Å². The smallest absolute Gasteiger partial charge is 0.462 e. The average Bonchev–Trinajstić information content (AvgIpc) is 2.89. The van der Waals surface area contributed by atoms with Crippen LogP contribution < -0.4 is 9.47 Å². The minimum atomic E-state index is -6.64. The molecular weight excluding hydrogens is 597 g/mol. The van der Waals surface area contributed by atoms with Crippen molar-refractivity contribution in [3.63, 3.8) is 0 Å². The van der Waals surface area contributed by atoms with E-state index in [0.29, 0.717) is 22.6 Å². The summed E-state index contributed by atoms with van der Waals surface area (Å²) in [5, 5.41) is 9.17. The Balaban J connectivity index is 2.07. The second-order valence-electron chi connectivity index (χ2n) is 8.35. The Bertz CT molecular complexity index is 1190. The quantitative estimate of drug-likeness (QED) is 0.256. The lowest BCUT2D eigenvalue weighted by atomic mass is 10.1. The summed E-state index contributed by atoms with van der Waals surface area (Å²) < 4.78 is 136. The maximum Gasteiger partial charge on any atom is 0.462 e. The van der Waals surface area contributed by atoms with Gasteiger partial charge in [-0.25, -0.2) is 18.4 Å². The molecule has 0 saturated carbocycles. The number of carbonyl (C=O) groups is 2. The number of nitrogens with zero attached hydrogens (tertiary/aromatic N) is 1. The molecule has 2 rings (SSSR count). The maximum absolute atomic E-state index is 13.9. The van der Waals surface area contributed by atoms with E-state index in [2.05, 4.69) is 4.74 Å². The van der Waals surface area contributed by atoms with Crippen molar-refractivity contribution in [2.24, 2.45) is 0 Å². The number of aliphatic carboxylic acids is 1. The van der Waals surface area contributed by atoms with Gasteiger partial charge < -0.3 is 29.0 Å². The van der Waals surface area contributed by atoms with Crippen molar-refractivity contribution >= 4 is 12.1 Å². The zero-order chi connectivity index (χ0) is 31.7. The van der Waals surface area contributed by atoms with Crippen LogP contribution in [-0.2, 0) is 20.7 Å². The molecule has 42 heavy (non-hydrogen) atoms. The molecule has 0 aromatic heterocycles. The van der Waals surface area contributed by atoms with Crippen molar-refractivity contribution in [2.45, 2.75) is 37.7 Å². The summed E-state index contributed by atoms with van der Waals surface area (Å²) in [5.41, 5.74) is 0.559. The molecule has 17 heteroatoms. The normalized spacial score (nSPS) is 13.0. The van der Waals surface area contributed by atoms with Crippen molar-refractivity contribution in [2.75, 3.05) is 32.9 Å². The van der Waals surface area contributed by atoms with Crippen LogP contribution in [0.3, 0.4) is 0 Å². The molecule has 0 aliphatic heterocycles. The first-order chi connectivity index (χ1) is 19.5. The minimum Gasteiger partial charge on any atom is -0.492 e. The minimum absolute atomic E-state index is 0.0288. The molecule has 1 atom stereocenters. The predicted octanol–water partition coefficient (Wildman–Crippen LogP) is 5.68. The maximum atomic E-state index is 13.9. The third-order valence-corrected chi connectivity index (χ3v) is 5.33. The summed E-state index contributed by atoms with van der Waals surface area (Å²) in [6.45, 7) is -1.78. The molecule has 0 aliphatic carbocycles. The van der Waals surface area contributed by atoms with Crippen LogP contribution in [0.1, 0.15) is 12.5 Å². The Hall–Kier alpha value is -3.73. The second kappa shape index (κ2) is 14.4. The van der Waals surface area contributed by atoms with Crippen LogP contribution in [0.4, 0.5) is 44.3 Å². The molecule has 0 saturated heterocycles. The largest absolute Gasteiger partial charge is 0.492 e. The molecule has 2 aromatic carbocycles. The van der Waals surface area contributed by atoms with Crippen molar-refractivity contribution in [3.8, 4) is 11.5 Å². The first-order valence-electron chi connectivity index (χ1n) is 11.9.